The first-order chi connectivity index (χ1) is 20.8. The van der Waals surface area contributed by atoms with Crippen LogP contribution in [0, 0.1) is 16.0 Å². The monoisotopic (exact) mass is 647 g/mol. The van der Waals surface area contributed by atoms with Crippen molar-refractivity contribution in [2.24, 2.45) is 5.92 Å². The molecule has 2 aromatic rings. The minimum atomic E-state index is -4.45. The van der Waals surface area contributed by atoms with E-state index in [9.17, 15) is 28.1 Å². The highest BCUT2D eigenvalue weighted by atomic mass is 35.5. The molecule has 11 nitrogen and oxygen atoms in total. The summed E-state index contributed by atoms with van der Waals surface area (Å²) in [5.41, 5.74) is 2.60. The fourth-order valence-electron chi connectivity index (χ4n) is 6.20. The van der Waals surface area contributed by atoms with Gasteiger partial charge in [0.15, 0.2) is 4.90 Å². The highest BCUT2D eigenvalue weighted by molar-refractivity contribution is 7.89. The van der Waals surface area contributed by atoms with Crippen LogP contribution >= 0.6 is 11.6 Å². The number of nitro groups is 1. The Morgan fingerprint density at radius 1 is 1.02 bits per heavy atom. The third-order valence-corrected chi connectivity index (χ3v) is 10.1. The van der Waals surface area contributed by atoms with Gasteiger partial charge in [0.1, 0.15) is 6.04 Å². The molecule has 240 valence electrons. The fraction of sp³-hybridized carbons (Fsp3) is 0.548. The Labute approximate surface area is 264 Å². The van der Waals surface area contributed by atoms with Gasteiger partial charge < -0.3 is 4.90 Å². The topological polar surface area (TPSA) is 142 Å². The standard InChI is InChI=1S/C31H42ClN5O6S/c1-31(2,3)36(25-9-5-4-6-10-25)30(39)23-17-19-35(20-18-23)33-29(38)26(21-22-13-15-24(32)16-14-22)34-44(42,43)28-12-8-7-11-27(28)37(40)41/h7-8,11-16,23,25-26,34H,4-6,9-10,17-21H2,1-3H3,(H,33,38)/t26-/m1/s1. The van der Waals surface area contributed by atoms with Gasteiger partial charge in [-0.3, -0.25) is 25.1 Å². The predicted molar refractivity (Wildman–Crippen MR) is 168 cm³/mol. The number of nitrogens with one attached hydrogen (secondary N) is 2. The Morgan fingerprint density at radius 3 is 2.23 bits per heavy atom. The number of benzene rings is 2. The summed E-state index contributed by atoms with van der Waals surface area (Å²) in [7, 11) is -4.45. The summed E-state index contributed by atoms with van der Waals surface area (Å²) in [6.07, 6.45) is 6.62. The first kappa shape index (κ1) is 33.8. The van der Waals surface area contributed by atoms with Crippen molar-refractivity contribution in [3.8, 4) is 0 Å². The summed E-state index contributed by atoms with van der Waals surface area (Å²) in [5.74, 6) is -0.607. The molecular formula is C31H42ClN5O6S. The summed E-state index contributed by atoms with van der Waals surface area (Å²) >= 11 is 6.01. The number of rotatable bonds is 10. The van der Waals surface area contributed by atoms with E-state index in [4.69, 9.17) is 11.6 Å². The molecule has 1 heterocycles. The zero-order valence-electron chi connectivity index (χ0n) is 25.5. The van der Waals surface area contributed by atoms with Gasteiger partial charge in [0.25, 0.3) is 11.6 Å². The molecule has 1 atom stereocenters. The van der Waals surface area contributed by atoms with E-state index in [0.29, 0.717) is 36.5 Å². The Kier molecular flexibility index (Phi) is 11.0. The van der Waals surface area contributed by atoms with Crippen molar-refractivity contribution >= 4 is 39.1 Å². The van der Waals surface area contributed by atoms with Crippen LogP contribution in [0.2, 0.25) is 5.02 Å². The van der Waals surface area contributed by atoms with Crippen molar-refractivity contribution in [2.75, 3.05) is 13.1 Å². The first-order valence-electron chi connectivity index (χ1n) is 15.1. The fourth-order valence-corrected chi connectivity index (χ4v) is 7.69. The van der Waals surface area contributed by atoms with Crippen molar-refractivity contribution in [3.63, 3.8) is 0 Å². The minimum Gasteiger partial charge on any atom is -0.335 e. The molecule has 0 aromatic heterocycles. The molecule has 2 aromatic carbocycles. The van der Waals surface area contributed by atoms with Crippen molar-refractivity contribution < 1.29 is 22.9 Å². The number of para-hydroxylation sites is 1. The van der Waals surface area contributed by atoms with Crippen molar-refractivity contribution in [1.82, 2.24) is 20.1 Å². The molecule has 2 amide bonds. The molecule has 2 aliphatic rings. The molecule has 1 saturated heterocycles. The Hall–Kier alpha value is -3.06. The Bertz CT molecular complexity index is 1430. The third kappa shape index (κ3) is 8.56. The van der Waals surface area contributed by atoms with Gasteiger partial charge in [-0.2, -0.15) is 4.72 Å². The van der Waals surface area contributed by atoms with Crippen LogP contribution in [0.4, 0.5) is 5.69 Å². The van der Waals surface area contributed by atoms with Gasteiger partial charge in [0.05, 0.1) is 4.92 Å². The molecule has 44 heavy (non-hydrogen) atoms. The van der Waals surface area contributed by atoms with E-state index < -0.39 is 37.5 Å². The van der Waals surface area contributed by atoms with E-state index in [1.807, 2.05) is 0 Å². The van der Waals surface area contributed by atoms with E-state index in [1.165, 1.54) is 18.6 Å². The van der Waals surface area contributed by atoms with Gasteiger partial charge in [0, 0.05) is 41.7 Å². The second-order valence-corrected chi connectivity index (χ2v) is 14.8. The molecule has 0 unspecified atom stereocenters. The molecule has 13 heteroatoms. The molecule has 2 N–H and O–H groups in total. The number of sulfonamides is 1. The van der Waals surface area contributed by atoms with Crippen molar-refractivity contribution in [2.45, 2.75) is 94.7 Å². The van der Waals surface area contributed by atoms with Crippen molar-refractivity contribution in [1.29, 1.82) is 0 Å². The van der Waals surface area contributed by atoms with Crippen molar-refractivity contribution in [3.05, 3.63) is 69.2 Å². The van der Waals surface area contributed by atoms with Crippen LogP contribution in [0.15, 0.2) is 53.4 Å². The molecule has 1 saturated carbocycles. The second-order valence-electron chi connectivity index (χ2n) is 12.6. The average molecular weight is 648 g/mol. The van der Waals surface area contributed by atoms with Crippen LogP contribution in [0.5, 0.6) is 0 Å². The van der Waals surface area contributed by atoms with Crippen LogP contribution < -0.4 is 10.1 Å². The van der Waals surface area contributed by atoms with E-state index >= 15 is 0 Å². The van der Waals surface area contributed by atoms with Crippen LogP contribution in [0.25, 0.3) is 0 Å². The number of carbonyl (C=O) groups is 2. The third-order valence-electron chi connectivity index (χ3n) is 8.33. The van der Waals surface area contributed by atoms with Gasteiger partial charge >= 0.3 is 0 Å². The smallest absolute Gasteiger partial charge is 0.289 e. The highest BCUT2D eigenvalue weighted by Gasteiger charge is 2.39. The van der Waals surface area contributed by atoms with Gasteiger partial charge in [-0.1, -0.05) is 55.1 Å². The number of hydrogen-bond acceptors (Lipinski definition) is 7. The number of carbonyl (C=O) groups excluding carboxylic acids is 2. The molecule has 2 fully saturated rings. The highest BCUT2D eigenvalue weighted by Crippen LogP contribution is 2.32. The van der Waals surface area contributed by atoms with Gasteiger partial charge in [-0.15, -0.1) is 0 Å². The van der Waals surface area contributed by atoms with Crippen LogP contribution in [-0.2, 0) is 26.0 Å². The summed E-state index contributed by atoms with van der Waals surface area (Å²) < 4.78 is 29.0. The largest absolute Gasteiger partial charge is 0.335 e. The maximum absolute atomic E-state index is 13.8. The molecular weight excluding hydrogens is 606 g/mol. The molecule has 0 spiro atoms. The number of amides is 2. The lowest BCUT2D eigenvalue weighted by atomic mass is 9.87. The zero-order valence-corrected chi connectivity index (χ0v) is 27.1. The lowest BCUT2D eigenvalue weighted by molar-refractivity contribution is -0.387. The predicted octanol–water partition coefficient (Wildman–Crippen LogP) is 4.84. The number of nitro benzene ring substituents is 1. The molecule has 0 radical (unpaired) electrons. The Balaban J connectivity index is 1.46. The van der Waals surface area contributed by atoms with Crippen LogP contribution in [0.1, 0.15) is 71.3 Å². The van der Waals surface area contributed by atoms with E-state index in [0.717, 1.165) is 37.8 Å². The number of nitrogens with zero attached hydrogens (tertiary/aromatic N) is 3. The maximum atomic E-state index is 13.8. The zero-order chi connectivity index (χ0) is 32.1. The van der Waals surface area contributed by atoms with Crippen LogP contribution in [-0.4, -0.2) is 65.8 Å². The molecule has 4 rings (SSSR count). The van der Waals surface area contributed by atoms with Gasteiger partial charge in [-0.05, 0) is 76.6 Å². The summed E-state index contributed by atoms with van der Waals surface area (Å²) in [6.45, 7) is 7.10. The lowest BCUT2D eigenvalue weighted by Gasteiger charge is -2.46. The number of hydrazine groups is 1. The lowest BCUT2D eigenvalue weighted by Crippen LogP contribution is -2.57. The SMILES string of the molecule is CC(C)(C)N(C(=O)C1CCN(NC(=O)[C@@H](Cc2ccc(Cl)cc2)NS(=O)(=O)c2ccccc2[N+](=O)[O-])CC1)C1CCCCC1. The number of piperidine rings is 1. The van der Waals surface area contributed by atoms with E-state index in [2.05, 4.69) is 35.8 Å². The molecule has 1 aliphatic carbocycles. The molecule has 0 bridgehead atoms. The summed E-state index contributed by atoms with van der Waals surface area (Å²) in [6, 6.07) is 10.6. The number of halogens is 1. The van der Waals surface area contributed by atoms with E-state index in [1.54, 1.807) is 29.3 Å². The van der Waals surface area contributed by atoms with Crippen LogP contribution in [0.3, 0.4) is 0 Å². The number of hydrogen-bond donors (Lipinski definition) is 2. The second kappa shape index (κ2) is 14.4. The Morgan fingerprint density at radius 2 is 1.64 bits per heavy atom. The van der Waals surface area contributed by atoms with E-state index in [-0.39, 0.29) is 29.8 Å². The summed E-state index contributed by atoms with van der Waals surface area (Å²) in [5, 5.41) is 13.7. The summed E-state index contributed by atoms with van der Waals surface area (Å²) in [4.78, 5) is 39.6. The average Bonchev–Trinajstić information content (AvgIpc) is 2.98. The quantitative estimate of drug-likeness (QED) is 0.278. The minimum absolute atomic E-state index is 0.0141. The normalized spacial score (nSPS) is 18.0. The molecule has 1 aliphatic heterocycles. The first-order valence-corrected chi connectivity index (χ1v) is 17.0. The maximum Gasteiger partial charge on any atom is 0.289 e. The van der Waals surface area contributed by atoms with Gasteiger partial charge in [0.2, 0.25) is 15.9 Å². The van der Waals surface area contributed by atoms with Gasteiger partial charge in [-0.25, -0.2) is 13.4 Å².